The quantitative estimate of drug-likeness (QED) is 0.452. The van der Waals surface area contributed by atoms with Crippen molar-refractivity contribution in [3.8, 4) is 0 Å². The summed E-state index contributed by atoms with van der Waals surface area (Å²) in [6.07, 6.45) is 1.23. The van der Waals surface area contributed by atoms with E-state index >= 15 is 0 Å². The molecule has 1 aliphatic rings. The van der Waals surface area contributed by atoms with Crippen molar-refractivity contribution >= 4 is 35.6 Å². The van der Waals surface area contributed by atoms with Gasteiger partial charge in [0.15, 0.2) is 5.96 Å². The Morgan fingerprint density at radius 1 is 1.19 bits per heavy atom. The number of nitrogens with zero attached hydrogens (tertiary/aromatic N) is 2. The summed E-state index contributed by atoms with van der Waals surface area (Å²) in [6.45, 7) is 9.16. The van der Waals surface area contributed by atoms with Crippen LogP contribution < -0.4 is 15.5 Å². The molecule has 1 heterocycles. The second kappa shape index (κ2) is 9.87. The van der Waals surface area contributed by atoms with Crippen LogP contribution in [0.25, 0.3) is 0 Å². The van der Waals surface area contributed by atoms with Gasteiger partial charge in [-0.25, -0.2) is 0 Å². The van der Waals surface area contributed by atoms with Crippen LogP contribution in [0, 0.1) is 5.92 Å². The number of guanidine groups is 1. The predicted molar refractivity (Wildman–Crippen MR) is 102 cm³/mol. The third-order valence-corrected chi connectivity index (χ3v) is 3.60. The van der Waals surface area contributed by atoms with Gasteiger partial charge in [-0.1, -0.05) is 18.2 Å². The lowest BCUT2D eigenvalue weighted by Crippen LogP contribution is -2.37. The molecule has 1 fully saturated rings. The molecule has 0 aliphatic carbocycles. The van der Waals surface area contributed by atoms with E-state index in [4.69, 9.17) is 0 Å². The molecule has 0 radical (unpaired) electrons. The minimum atomic E-state index is 0. The number of nitrogens with one attached hydrogen (secondary N) is 2. The first-order valence-corrected chi connectivity index (χ1v) is 7.65. The van der Waals surface area contributed by atoms with Gasteiger partial charge < -0.3 is 15.5 Å². The Bertz CT molecular complexity index is 414. The van der Waals surface area contributed by atoms with E-state index in [0.717, 1.165) is 38.7 Å². The van der Waals surface area contributed by atoms with E-state index in [1.807, 2.05) is 0 Å². The predicted octanol–water partition coefficient (Wildman–Crippen LogP) is 2.71. The van der Waals surface area contributed by atoms with Crippen LogP contribution in [-0.4, -0.2) is 38.7 Å². The van der Waals surface area contributed by atoms with Crippen LogP contribution in [0.5, 0.6) is 0 Å². The summed E-state index contributed by atoms with van der Waals surface area (Å²) in [5.41, 5.74) is 1.33. The van der Waals surface area contributed by atoms with Gasteiger partial charge >= 0.3 is 0 Å². The number of para-hydroxylation sites is 1. The van der Waals surface area contributed by atoms with Gasteiger partial charge in [0.05, 0.1) is 0 Å². The van der Waals surface area contributed by atoms with Crippen molar-refractivity contribution in [3.05, 3.63) is 30.3 Å². The third-order valence-electron chi connectivity index (χ3n) is 3.60. The first kappa shape index (κ1) is 18.1. The lowest BCUT2D eigenvalue weighted by molar-refractivity contribution is 0.599. The SMILES string of the molecule is CCNC(=NCC1CCN(c2ccccc2)C1)NCC.I. The number of hydrogen-bond donors (Lipinski definition) is 2. The Hall–Kier alpha value is -0.980. The molecule has 118 valence electrons. The number of hydrogen-bond acceptors (Lipinski definition) is 2. The maximum atomic E-state index is 4.68. The van der Waals surface area contributed by atoms with Gasteiger partial charge in [0, 0.05) is 38.4 Å². The summed E-state index contributed by atoms with van der Waals surface area (Å²) in [5, 5.41) is 6.55. The normalized spacial score (nSPS) is 17.0. The molecule has 0 spiro atoms. The van der Waals surface area contributed by atoms with Crippen molar-refractivity contribution in [2.75, 3.05) is 37.6 Å². The molecule has 2 N–H and O–H groups in total. The summed E-state index contributed by atoms with van der Waals surface area (Å²) in [4.78, 5) is 7.14. The zero-order valence-electron chi connectivity index (χ0n) is 13.0. The molecule has 0 saturated carbocycles. The van der Waals surface area contributed by atoms with Crippen molar-refractivity contribution in [2.24, 2.45) is 10.9 Å². The highest BCUT2D eigenvalue weighted by Crippen LogP contribution is 2.23. The largest absolute Gasteiger partial charge is 0.371 e. The summed E-state index contributed by atoms with van der Waals surface area (Å²) >= 11 is 0. The third kappa shape index (κ3) is 5.73. The Morgan fingerprint density at radius 2 is 1.86 bits per heavy atom. The number of benzene rings is 1. The molecule has 0 bridgehead atoms. The Morgan fingerprint density at radius 3 is 2.48 bits per heavy atom. The van der Waals surface area contributed by atoms with E-state index in [2.05, 4.69) is 64.7 Å². The van der Waals surface area contributed by atoms with Crippen molar-refractivity contribution in [3.63, 3.8) is 0 Å². The number of aliphatic imine (C=N–C) groups is 1. The van der Waals surface area contributed by atoms with Crippen LogP contribution in [0.4, 0.5) is 5.69 Å². The number of rotatable bonds is 5. The fourth-order valence-electron chi connectivity index (χ4n) is 2.58. The summed E-state index contributed by atoms with van der Waals surface area (Å²) in [7, 11) is 0. The topological polar surface area (TPSA) is 39.7 Å². The molecule has 5 heteroatoms. The molecule has 2 rings (SSSR count). The Labute approximate surface area is 145 Å². The average molecular weight is 402 g/mol. The van der Waals surface area contributed by atoms with Crippen LogP contribution in [0.1, 0.15) is 20.3 Å². The van der Waals surface area contributed by atoms with Crippen molar-refractivity contribution in [1.82, 2.24) is 10.6 Å². The highest BCUT2D eigenvalue weighted by atomic mass is 127. The second-order valence-electron chi connectivity index (χ2n) is 5.19. The fraction of sp³-hybridized carbons (Fsp3) is 0.562. The van der Waals surface area contributed by atoms with Crippen LogP contribution in [0.3, 0.4) is 0 Å². The molecular formula is C16H27IN4. The van der Waals surface area contributed by atoms with E-state index in [0.29, 0.717) is 5.92 Å². The maximum Gasteiger partial charge on any atom is 0.191 e. The zero-order valence-corrected chi connectivity index (χ0v) is 15.3. The van der Waals surface area contributed by atoms with Gasteiger partial charge in [0.1, 0.15) is 0 Å². The van der Waals surface area contributed by atoms with Gasteiger partial charge in [-0.3, -0.25) is 4.99 Å². The van der Waals surface area contributed by atoms with Gasteiger partial charge in [0.2, 0.25) is 0 Å². The van der Waals surface area contributed by atoms with E-state index < -0.39 is 0 Å². The maximum absolute atomic E-state index is 4.68. The van der Waals surface area contributed by atoms with Crippen LogP contribution in [-0.2, 0) is 0 Å². The molecule has 1 aromatic carbocycles. The molecular weight excluding hydrogens is 375 g/mol. The Kier molecular flexibility index (Phi) is 8.49. The minimum absolute atomic E-state index is 0. The number of halogens is 1. The van der Waals surface area contributed by atoms with E-state index in [-0.39, 0.29) is 24.0 Å². The summed E-state index contributed by atoms with van der Waals surface area (Å²) in [5.74, 6) is 1.59. The molecule has 1 aliphatic heterocycles. The highest BCUT2D eigenvalue weighted by Gasteiger charge is 2.22. The van der Waals surface area contributed by atoms with Gasteiger partial charge in [0.25, 0.3) is 0 Å². The van der Waals surface area contributed by atoms with Crippen LogP contribution in [0.2, 0.25) is 0 Å². The van der Waals surface area contributed by atoms with E-state index in [1.165, 1.54) is 12.1 Å². The lowest BCUT2D eigenvalue weighted by Gasteiger charge is -2.18. The second-order valence-corrected chi connectivity index (χ2v) is 5.19. The first-order valence-electron chi connectivity index (χ1n) is 7.65. The molecule has 0 amide bonds. The molecule has 21 heavy (non-hydrogen) atoms. The molecule has 1 aromatic rings. The van der Waals surface area contributed by atoms with Gasteiger partial charge in [-0.2, -0.15) is 0 Å². The summed E-state index contributed by atoms with van der Waals surface area (Å²) < 4.78 is 0. The minimum Gasteiger partial charge on any atom is -0.371 e. The molecule has 4 nitrogen and oxygen atoms in total. The van der Waals surface area contributed by atoms with Gasteiger partial charge in [-0.15, -0.1) is 24.0 Å². The van der Waals surface area contributed by atoms with Crippen molar-refractivity contribution in [1.29, 1.82) is 0 Å². The highest BCUT2D eigenvalue weighted by molar-refractivity contribution is 14.0. The fourth-order valence-corrected chi connectivity index (χ4v) is 2.58. The van der Waals surface area contributed by atoms with E-state index in [9.17, 15) is 0 Å². The molecule has 1 atom stereocenters. The van der Waals surface area contributed by atoms with Crippen molar-refractivity contribution in [2.45, 2.75) is 20.3 Å². The first-order chi connectivity index (χ1) is 9.83. The standard InChI is InChI=1S/C16H26N4.HI/c1-3-17-16(18-4-2)19-12-14-10-11-20(13-14)15-8-6-5-7-9-15;/h5-9,14H,3-4,10-13H2,1-2H3,(H2,17,18,19);1H. The molecule has 0 aromatic heterocycles. The average Bonchev–Trinajstić information content (AvgIpc) is 2.95. The molecule has 1 unspecified atom stereocenters. The van der Waals surface area contributed by atoms with Crippen LogP contribution >= 0.6 is 24.0 Å². The van der Waals surface area contributed by atoms with E-state index in [1.54, 1.807) is 0 Å². The van der Waals surface area contributed by atoms with Gasteiger partial charge in [-0.05, 0) is 38.3 Å². The number of anilines is 1. The lowest BCUT2D eigenvalue weighted by atomic mass is 10.1. The Balaban J connectivity index is 0.00000220. The van der Waals surface area contributed by atoms with Crippen LogP contribution in [0.15, 0.2) is 35.3 Å². The molecule has 1 saturated heterocycles. The summed E-state index contributed by atoms with van der Waals surface area (Å²) in [6, 6.07) is 10.7. The van der Waals surface area contributed by atoms with Crippen molar-refractivity contribution < 1.29 is 0 Å². The smallest absolute Gasteiger partial charge is 0.191 e. The monoisotopic (exact) mass is 402 g/mol. The zero-order chi connectivity index (χ0) is 14.2.